The molecule has 0 radical (unpaired) electrons. The summed E-state index contributed by atoms with van der Waals surface area (Å²) in [6.45, 7) is 2.30. The fraction of sp³-hybridized carbons (Fsp3) is 0.467. The molecule has 0 bridgehead atoms. The molecule has 114 valence electrons. The number of carboxylic acid groups (broad SMARTS) is 1. The quantitative estimate of drug-likeness (QED) is 0.894. The smallest absolute Gasteiger partial charge is 0.309 e. The van der Waals surface area contributed by atoms with Crippen LogP contribution in [0.1, 0.15) is 24.9 Å². The number of carboxylic acids is 1. The van der Waals surface area contributed by atoms with E-state index >= 15 is 0 Å². The number of carbonyl (C=O) groups is 2. The van der Waals surface area contributed by atoms with Gasteiger partial charge in [0.25, 0.3) is 0 Å². The van der Waals surface area contributed by atoms with Crippen LogP contribution in [0.4, 0.5) is 0 Å². The van der Waals surface area contributed by atoms with Crippen LogP contribution in [-0.2, 0) is 9.59 Å². The van der Waals surface area contributed by atoms with Gasteiger partial charge in [0.05, 0.1) is 26.2 Å². The number of ether oxygens (including phenoxy) is 2. The fourth-order valence-corrected chi connectivity index (χ4v) is 2.83. The van der Waals surface area contributed by atoms with E-state index in [1.165, 1.54) is 7.11 Å². The molecule has 1 aliphatic heterocycles. The average molecular weight is 293 g/mol. The Morgan fingerprint density at radius 3 is 2.62 bits per heavy atom. The fourth-order valence-electron chi connectivity index (χ4n) is 2.83. The normalized spacial score (nSPS) is 21.5. The molecule has 1 saturated heterocycles. The predicted octanol–water partition coefficient (Wildman–Crippen LogP) is 1.70. The highest BCUT2D eigenvalue weighted by Gasteiger charge is 2.45. The van der Waals surface area contributed by atoms with Crippen molar-refractivity contribution >= 4 is 11.9 Å². The van der Waals surface area contributed by atoms with Crippen molar-refractivity contribution in [3.8, 4) is 11.5 Å². The van der Waals surface area contributed by atoms with Gasteiger partial charge in [0.2, 0.25) is 5.91 Å². The highest BCUT2D eigenvalue weighted by molar-refractivity contribution is 5.87. The molecule has 2 atom stereocenters. The number of benzene rings is 1. The Morgan fingerprint density at radius 1 is 1.38 bits per heavy atom. The molecule has 1 N–H and O–H groups in total. The lowest BCUT2D eigenvalue weighted by atomic mass is 9.93. The second-order valence-corrected chi connectivity index (χ2v) is 4.88. The topological polar surface area (TPSA) is 76.1 Å². The van der Waals surface area contributed by atoms with Crippen LogP contribution in [0.2, 0.25) is 0 Å². The first-order chi connectivity index (χ1) is 10.0. The molecule has 0 aliphatic carbocycles. The van der Waals surface area contributed by atoms with Gasteiger partial charge in [-0.1, -0.05) is 0 Å². The average Bonchev–Trinajstić information content (AvgIpc) is 2.83. The van der Waals surface area contributed by atoms with Gasteiger partial charge in [0.15, 0.2) is 0 Å². The summed E-state index contributed by atoms with van der Waals surface area (Å²) in [4.78, 5) is 25.1. The summed E-state index contributed by atoms with van der Waals surface area (Å²) in [7, 11) is 3.06. The van der Waals surface area contributed by atoms with E-state index in [9.17, 15) is 14.7 Å². The molecule has 1 amide bonds. The highest BCUT2D eigenvalue weighted by Crippen LogP contribution is 2.42. The van der Waals surface area contributed by atoms with Crippen LogP contribution in [0.15, 0.2) is 18.2 Å². The zero-order chi connectivity index (χ0) is 15.6. The second kappa shape index (κ2) is 6.03. The summed E-state index contributed by atoms with van der Waals surface area (Å²) >= 11 is 0. The number of amides is 1. The third-order valence-corrected chi connectivity index (χ3v) is 3.85. The third-order valence-electron chi connectivity index (χ3n) is 3.85. The van der Waals surface area contributed by atoms with E-state index in [0.717, 1.165) is 0 Å². The van der Waals surface area contributed by atoms with Crippen molar-refractivity contribution in [1.82, 2.24) is 4.90 Å². The van der Waals surface area contributed by atoms with E-state index in [0.29, 0.717) is 23.6 Å². The molecule has 21 heavy (non-hydrogen) atoms. The van der Waals surface area contributed by atoms with Gasteiger partial charge in [-0.05, 0) is 19.1 Å². The number of hydrogen-bond acceptors (Lipinski definition) is 4. The zero-order valence-electron chi connectivity index (χ0n) is 12.3. The van der Waals surface area contributed by atoms with Crippen LogP contribution in [0.25, 0.3) is 0 Å². The Balaban J connectivity index is 2.50. The molecule has 6 heteroatoms. The van der Waals surface area contributed by atoms with Gasteiger partial charge in [0, 0.05) is 24.6 Å². The Bertz CT molecular complexity index is 557. The predicted molar refractivity (Wildman–Crippen MR) is 75.4 cm³/mol. The standard InChI is InChI=1S/C15H19NO5/c1-4-16-13(17)8-11(15(18)19)14(16)10-6-5-9(20-2)7-12(10)21-3/h5-7,11,14H,4,8H2,1-3H3,(H,18,19)/t11-,14-/m0/s1. The van der Waals surface area contributed by atoms with Crippen molar-refractivity contribution in [3.63, 3.8) is 0 Å². The first kappa shape index (κ1) is 15.2. The van der Waals surface area contributed by atoms with Gasteiger partial charge in [0.1, 0.15) is 11.5 Å². The molecule has 1 aromatic carbocycles. The van der Waals surface area contributed by atoms with Crippen molar-refractivity contribution in [2.45, 2.75) is 19.4 Å². The molecule has 1 aliphatic rings. The number of methoxy groups -OCH3 is 2. The molecule has 1 heterocycles. The minimum Gasteiger partial charge on any atom is -0.497 e. The van der Waals surface area contributed by atoms with Crippen LogP contribution in [0.3, 0.4) is 0 Å². The SMILES string of the molecule is CCN1C(=O)C[C@H](C(=O)O)[C@@H]1c1ccc(OC)cc1OC. The number of nitrogens with zero attached hydrogens (tertiary/aromatic N) is 1. The van der Waals surface area contributed by atoms with Gasteiger partial charge >= 0.3 is 5.97 Å². The highest BCUT2D eigenvalue weighted by atomic mass is 16.5. The van der Waals surface area contributed by atoms with Gasteiger partial charge in [-0.15, -0.1) is 0 Å². The van der Waals surface area contributed by atoms with Crippen LogP contribution >= 0.6 is 0 Å². The summed E-state index contributed by atoms with van der Waals surface area (Å²) in [5, 5.41) is 9.40. The van der Waals surface area contributed by atoms with Crippen molar-refractivity contribution in [2.75, 3.05) is 20.8 Å². The van der Waals surface area contributed by atoms with E-state index in [4.69, 9.17) is 9.47 Å². The Hall–Kier alpha value is -2.24. The maximum atomic E-state index is 12.0. The van der Waals surface area contributed by atoms with Gasteiger partial charge in [-0.25, -0.2) is 0 Å². The lowest BCUT2D eigenvalue weighted by molar-refractivity contribution is -0.142. The summed E-state index contributed by atoms with van der Waals surface area (Å²) in [5.41, 5.74) is 0.693. The molecule has 2 rings (SSSR count). The van der Waals surface area contributed by atoms with Crippen molar-refractivity contribution in [3.05, 3.63) is 23.8 Å². The van der Waals surface area contributed by atoms with E-state index in [-0.39, 0.29) is 12.3 Å². The minimum atomic E-state index is -0.970. The minimum absolute atomic E-state index is 0.0169. The second-order valence-electron chi connectivity index (χ2n) is 4.88. The van der Waals surface area contributed by atoms with E-state index in [1.54, 1.807) is 30.2 Å². The largest absolute Gasteiger partial charge is 0.497 e. The van der Waals surface area contributed by atoms with Crippen LogP contribution in [-0.4, -0.2) is 42.6 Å². The van der Waals surface area contributed by atoms with Crippen LogP contribution < -0.4 is 9.47 Å². The molecule has 0 spiro atoms. The number of hydrogen-bond donors (Lipinski definition) is 1. The molecular weight excluding hydrogens is 274 g/mol. The first-order valence-electron chi connectivity index (χ1n) is 6.77. The van der Waals surface area contributed by atoms with Crippen LogP contribution in [0, 0.1) is 5.92 Å². The number of aliphatic carboxylic acids is 1. The maximum absolute atomic E-state index is 12.0. The van der Waals surface area contributed by atoms with Crippen molar-refractivity contribution in [2.24, 2.45) is 5.92 Å². The summed E-state index contributed by atoms with van der Waals surface area (Å²) in [5.74, 6) is -0.733. The summed E-state index contributed by atoms with van der Waals surface area (Å²) in [6, 6.07) is 4.69. The molecule has 6 nitrogen and oxygen atoms in total. The molecular formula is C15H19NO5. The number of rotatable bonds is 5. The Morgan fingerprint density at radius 2 is 2.10 bits per heavy atom. The first-order valence-corrected chi connectivity index (χ1v) is 6.77. The van der Waals surface area contributed by atoms with Gasteiger partial charge in [-0.2, -0.15) is 0 Å². The molecule has 1 fully saturated rings. The zero-order valence-corrected chi connectivity index (χ0v) is 12.3. The monoisotopic (exact) mass is 293 g/mol. The summed E-state index contributed by atoms with van der Waals surface area (Å²) in [6.07, 6.45) is 0.0169. The van der Waals surface area contributed by atoms with Crippen molar-refractivity contribution in [1.29, 1.82) is 0 Å². The van der Waals surface area contributed by atoms with Gasteiger partial charge < -0.3 is 19.5 Å². The van der Waals surface area contributed by atoms with Crippen molar-refractivity contribution < 1.29 is 24.2 Å². The molecule has 1 aromatic rings. The molecule has 0 unspecified atom stereocenters. The molecule has 0 aromatic heterocycles. The Labute approximate surface area is 123 Å². The number of carbonyl (C=O) groups excluding carboxylic acids is 1. The molecule has 0 saturated carbocycles. The van der Waals surface area contributed by atoms with E-state index in [2.05, 4.69) is 0 Å². The third kappa shape index (κ3) is 2.66. The van der Waals surface area contributed by atoms with Gasteiger partial charge in [-0.3, -0.25) is 9.59 Å². The van der Waals surface area contributed by atoms with Crippen LogP contribution in [0.5, 0.6) is 11.5 Å². The van der Waals surface area contributed by atoms with E-state index in [1.807, 2.05) is 6.92 Å². The summed E-state index contributed by atoms with van der Waals surface area (Å²) < 4.78 is 10.5. The number of likely N-dealkylation sites (tertiary alicyclic amines) is 1. The van der Waals surface area contributed by atoms with E-state index < -0.39 is 17.9 Å². The Kier molecular flexibility index (Phi) is 4.35. The lowest BCUT2D eigenvalue weighted by Crippen LogP contribution is -2.30. The lowest BCUT2D eigenvalue weighted by Gasteiger charge is -2.27. The maximum Gasteiger partial charge on any atom is 0.309 e.